The first kappa shape index (κ1) is 27.2. The van der Waals surface area contributed by atoms with Gasteiger partial charge in [0.15, 0.2) is 0 Å². The topological polar surface area (TPSA) is 96.0 Å². The van der Waals surface area contributed by atoms with Gasteiger partial charge in [0.05, 0.1) is 19.1 Å². The fourth-order valence-corrected chi connectivity index (χ4v) is 4.48. The Morgan fingerprint density at radius 1 is 1.00 bits per heavy atom. The zero-order valence-electron chi connectivity index (χ0n) is 20.5. The number of nitrogens with zero attached hydrogens (tertiary/aromatic N) is 2. The first-order valence-electron chi connectivity index (χ1n) is 11.3. The predicted octanol–water partition coefficient (Wildman–Crippen LogP) is 3.18. The average molecular weight is 490 g/mol. The fourth-order valence-electron chi connectivity index (χ4n) is 3.51. The van der Waals surface area contributed by atoms with Gasteiger partial charge in [0.25, 0.3) is 0 Å². The summed E-state index contributed by atoms with van der Waals surface area (Å²) in [4.78, 5) is 27.4. The highest BCUT2D eigenvalue weighted by Gasteiger charge is 2.27. The van der Waals surface area contributed by atoms with Crippen molar-refractivity contribution >= 4 is 27.5 Å². The zero-order chi connectivity index (χ0) is 25.3. The van der Waals surface area contributed by atoms with E-state index in [0.717, 1.165) is 11.8 Å². The van der Waals surface area contributed by atoms with Crippen molar-refractivity contribution in [2.45, 2.75) is 52.2 Å². The van der Waals surface area contributed by atoms with Crippen LogP contribution in [0, 0.1) is 0 Å². The minimum atomic E-state index is -3.50. The number of para-hydroxylation sites is 1. The van der Waals surface area contributed by atoms with Crippen LogP contribution in [0.15, 0.2) is 54.6 Å². The number of carbonyl (C=O) groups is 2. The minimum Gasteiger partial charge on any atom is -0.497 e. The summed E-state index contributed by atoms with van der Waals surface area (Å²) < 4.78 is 31.1. The molecule has 0 saturated carbocycles. The molecule has 2 aromatic rings. The van der Waals surface area contributed by atoms with Crippen molar-refractivity contribution in [3.05, 3.63) is 60.2 Å². The normalized spacial score (nSPS) is 12.2. The molecule has 0 aromatic heterocycles. The Balaban J connectivity index is 2.15. The number of amides is 2. The molecule has 34 heavy (non-hydrogen) atoms. The highest BCUT2D eigenvalue weighted by Crippen LogP contribution is 2.19. The molecule has 1 N–H and O–H groups in total. The molecule has 1 unspecified atom stereocenters. The molecule has 0 spiro atoms. The van der Waals surface area contributed by atoms with E-state index >= 15 is 0 Å². The molecule has 0 radical (unpaired) electrons. The molecule has 0 heterocycles. The highest BCUT2D eigenvalue weighted by atomic mass is 32.2. The summed E-state index contributed by atoms with van der Waals surface area (Å²) in [7, 11) is -1.92. The molecule has 186 valence electrons. The molecule has 0 aliphatic heterocycles. The van der Waals surface area contributed by atoms with E-state index in [9.17, 15) is 18.0 Å². The number of benzene rings is 2. The van der Waals surface area contributed by atoms with E-state index in [1.165, 1.54) is 9.21 Å². The van der Waals surface area contributed by atoms with Crippen LogP contribution >= 0.6 is 0 Å². The van der Waals surface area contributed by atoms with E-state index < -0.39 is 16.1 Å². The van der Waals surface area contributed by atoms with Crippen molar-refractivity contribution in [3.63, 3.8) is 0 Å². The third-order valence-corrected chi connectivity index (χ3v) is 6.50. The molecule has 0 saturated heterocycles. The number of ether oxygens (including phenoxy) is 1. The Kier molecular flexibility index (Phi) is 9.92. The quantitative estimate of drug-likeness (QED) is 0.494. The lowest BCUT2D eigenvalue weighted by Gasteiger charge is -2.30. The number of sulfonamides is 1. The molecular weight excluding hydrogens is 454 g/mol. The summed E-state index contributed by atoms with van der Waals surface area (Å²) in [6, 6.07) is 15.4. The molecule has 0 bridgehead atoms. The van der Waals surface area contributed by atoms with Crippen molar-refractivity contribution < 1.29 is 22.7 Å². The smallest absolute Gasteiger partial charge is 0.242 e. The molecule has 9 heteroatoms. The van der Waals surface area contributed by atoms with Gasteiger partial charge in [0.1, 0.15) is 11.8 Å². The van der Waals surface area contributed by atoms with Crippen LogP contribution in [0.5, 0.6) is 5.75 Å². The van der Waals surface area contributed by atoms with Gasteiger partial charge >= 0.3 is 0 Å². The number of methoxy groups -OCH3 is 1. The number of anilines is 1. The van der Waals surface area contributed by atoms with Crippen molar-refractivity contribution in [2.75, 3.05) is 24.2 Å². The molecular formula is C25H35N3O5S. The largest absolute Gasteiger partial charge is 0.497 e. The second-order valence-electron chi connectivity index (χ2n) is 8.48. The van der Waals surface area contributed by atoms with Crippen molar-refractivity contribution in [1.29, 1.82) is 0 Å². The molecule has 2 amide bonds. The van der Waals surface area contributed by atoms with Crippen LogP contribution in [0.2, 0.25) is 0 Å². The molecule has 2 rings (SSSR count). The van der Waals surface area contributed by atoms with Gasteiger partial charge < -0.3 is 15.0 Å². The Labute approximate surface area is 202 Å². The van der Waals surface area contributed by atoms with Gasteiger partial charge in [-0.2, -0.15) is 0 Å². The van der Waals surface area contributed by atoms with Gasteiger partial charge in [-0.05, 0) is 57.0 Å². The summed E-state index contributed by atoms with van der Waals surface area (Å²) in [5, 5.41) is 2.86. The van der Waals surface area contributed by atoms with E-state index in [1.807, 2.05) is 32.0 Å². The van der Waals surface area contributed by atoms with Gasteiger partial charge in [0, 0.05) is 25.6 Å². The van der Waals surface area contributed by atoms with Crippen LogP contribution < -0.4 is 14.4 Å². The first-order valence-corrected chi connectivity index (χ1v) is 13.1. The number of carbonyl (C=O) groups excluding carboxylic acids is 2. The van der Waals surface area contributed by atoms with Crippen molar-refractivity contribution in [2.24, 2.45) is 0 Å². The molecule has 8 nitrogen and oxygen atoms in total. The Morgan fingerprint density at radius 2 is 1.62 bits per heavy atom. The van der Waals surface area contributed by atoms with Crippen LogP contribution in [0.25, 0.3) is 0 Å². The maximum atomic E-state index is 13.2. The SMILES string of the molecule is COc1ccc(CN(C(=O)CCCN(c2ccccc2)S(C)(=O)=O)C(C)C(=O)NC(C)C)cc1. The number of hydrogen-bond donors (Lipinski definition) is 1. The van der Waals surface area contributed by atoms with Crippen LogP contribution in [0.4, 0.5) is 5.69 Å². The summed E-state index contributed by atoms with van der Waals surface area (Å²) in [5.74, 6) is 0.247. The van der Waals surface area contributed by atoms with Gasteiger partial charge in [-0.15, -0.1) is 0 Å². The van der Waals surface area contributed by atoms with Gasteiger partial charge in [0.2, 0.25) is 21.8 Å². The van der Waals surface area contributed by atoms with E-state index in [4.69, 9.17) is 4.74 Å². The standard InChI is InChI=1S/C25H35N3O5S/c1-19(2)26-25(30)20(3)27(18-21-13-15-23(33-4)16-14-21)24(29)12-9-17-28(34(5,31)32)22-10-7-6-8-11-22/h6-8,10-11,13-16,19-20H,9,12,17-18H2,1-5H3,(H,26,30). The zero-order valence-corrected chi connectivity index (χ0v) is 21.3. The van der Waals surface area contributed by atoms with Gasteiger partial charge in [-0.25, -0.2) is 8.42 Å². The number of nitrogens with one attached hydrogen (secondary N) is 1. The second kappa shape index (κ2) is 12.4. The van der Waals surface area contributed by atoms with Crippen LogP contribution in [0.3, 0.4) is 0 Å². The molecule has 0 aliphatic carbocycles. The number of rotatable bonds is 12. The fraction of sp³-hybridized carbons (Fsp3) is 0.440. The summed E-state index contributed by atoms with van der Waals surface area (Å²) in [5.41, 5.74) is 1.41. The third kappa shape index (κ3) is 8.06. The lowest BCUT2D eigenvalue weighted by Crippen LogP contribution is -2.49. The van der Waals surface area contributed by atoms with E-state index in [-0.39, 0.29) is 37.4 Å². The van der Waals surface area contributed by atoms with Crippen molar-refractivity contribution in [1.82, 2.24) is 10.2 Å². The maximum Gasteiger partial charge on any atom is 0.242 e. The Morgan fingerprint density at radius 3 is 2.15 bits per heavy atom. The van der Waals surface area contributed by atoms with Gasteiger partial charge in [-0.1, -0.05) is 30.3 Å². The first-order chi connectivity index (χ1) is 16.0. The van der Waals surface area contributed by atoms with E-state index in [0.29, 0.717) is 17.9 Å². The Hall–Kier alpha value is -3.07. The molecule has 1 atom stereocenters. The maximum absolute atomic E-state index is 13.2. The summed E-state index contributed by atoms with van der Waals surface area (Å²) in [6.07, 6.45) is 1.57. The third-order valence-electron chi connectivity index (χ3n) is 5.31. The van der Waals surface area contributed by atoms with Gasteiger partial charge in [-0.3, -0.25) is 13.9 Å². The monoisotopic (exact) mass is 489 g/mol. The second-order valence-corrected chi connectivity index (χ2v) is 10.4. The van der Waals surface area contributed by atoms with Crippen LogP contribution in [-0.4, -0.2) is 57.1 Å². The predicted molar refractivity (Wildman–Crippen MR) is 134 cm³/mol. The summed E-state index contributed by atoms with van der Waals surface area (Å²) in [6.45, 7) is 5.85. The minimum absolute atomic E-state index is 0.0536. The molecule has 0 aliphatic rings. The highest BCUT2D eigenvalue weighted by molar-refractivity contribution is 7.92. The molecule has 2 aromatic carbocycles. The van der Waals surface area contributed by atoms with Crippen LogP contribution in [0.1, 0.15) is 39.2 Å². The van der Waals surface area contributed by atoms with E-state index in [2.05, 4.69) is 5.32 Å². The Bertz CT molecular complexity index is 1040. The number of hydrogen-bond acceptors (Lipinski definition) is 5. The molecule has 0 fully saturated rings. The summed E-state index contributed by atoms with van der Waals surface area (Å²) >= 11 is 0. The average Bonchev–Trinajstić information content (AvgIpc) is 2.79. The van der Waals surface area contributed by atoms with Crippen LogP contribution in [-0.2, 0) is 26.2 Å². The van der Waals surface area contributed by atoms with Crippen molar-refractivity contribution in [3.8, 4) is 5.75 Å². The van der Waals surface area contributed by atoms with E-state index in [1.54, 1.807) is 50.4 Å². The lowest BCUT2D eigenvalue weighted by molar-refractivity contribution is -0.140. The lowest BCUT2D eigenvalue weighted by atomic mass is 10.1.